The third kappa shape index (κ3) is 4.15. The second kappa shape index (κ2) is 8.79. The molecule has 3 heterocycles. The quantitative estimate of drug-likeness (QED) is 0.695. The van der Waals surface area contributed by atoms with Gasteiger partial charge in [0.2, 0.25) is 5.91 Å². The predicted molar refractivity (Wildman–Crippen MR) is 129 cm³/mol. The van der Waals surface area contributed by atoms with Crippen molar-refractivity contribution in [2.45, 2.75) is 32.6 Å². The van der Waals surface area contributed by atoms with E-state index in [0.29, 0.717) is 44.8 Å². The second-order valence-electron chi connectivity index (χ2n) is 9.95. The summed E-state index contributed by atoms with van der Waals surface area (Å²) in [5.74, 6) is 1.11. The number of benzene rings is 1. The second-order valence-corrected chi connectivity index (χ2v) is 9.95. The number of piperidine rings is 1. The van der Waals surface area contributed by atoms with Gasteiger partial charge in [-0.25, -0.2) is 0 Å². The van der Waals surface area contributed by atoms with Crippen LogP contribution in [0, 0.1) is 22.7 Å². The number of pyridine rings is 1. The van der Waals surface area contributed by atoms with Gasteiger partial charge >= 0.3 is 0 Å². The Balaban J connectivity index is 1.44. The lowest BCUT2D eigenvalue weighted by atomic mass is 9.81. The van der Waals surface area contributed by atoms with E-state index in [1.165, 1.54) is 0 Å². The summed E-state index contributed by atoms with van der Waals surface area (Å²) in [7, 11) is 1.63. The van der Waals surface area contributed by atoms with Crippen molar-refractivity contribution in [2.24, 2.45) is 11.3 Å². The zero-order valence-electron chi connectivity index (χ0n) is 19.9. The van der Waals surface area contributed by atoms with Gasteiger partial charge < -0.3 is 19.4 Å². The first-order valence-electron chi connectivity index (χ1n) is 12.1. The summed E-state index contributed by atoms with van der Waals surface area (Å²) in [6, 6.07) is 8.21. The molecule has 0 N–H and O–H groups in total. The summed E-state index contributed by atoms with van der Waals surface area (Å²) in [6.45, 7) is 5.65. The van der Waals surface area contributed by atoms with E-state index in [9.17, 15) is 14.9 Å². The molecule has 2 aliphatic heterocycles. The smallest absolute Gasteiger partial charge is 0.257 e. The third-order valence-electron chi connectivity index (χ3n) is 7.54. The van der Waals surface area contributed by atoms with E-state index in [1.54, 1.807) is 13.3 Å². The molecule has 8 heteroatoms. The number of aromatic nitrogens is 1. The third-order valence-corrected chi connectivity index (χ3v) is 7.54. The van der Waals surface area contributed by atoms with Crippen molar-refractivity contribution in [1.29, 1.82) is 5.26 Å². The summed E-state index contributed by atoms with van der Waals surface area (Å²) in [4.78, 5) is 36.7. The van der Waals surface area contributed by atoms with Gasteiger partial charge in [-0.05, 0) is 44.7 Å². The van der Waals surface area contributed by atoms with Crippen molar-refractivity contribution in [3.8, 4) is 11.8 Å². The first kappa shape index (κ1) is 22.5. The standard InChI is InChI=1S/C26H31N5O3/c1-26(17-27)7-9-29(10-8-26)23-20-6-5-19(34-2)15-22(20)28-16-21(23)25(33)31-13-11-30(12-14-31)24(32)18-3-4-18/h5-6,15-16,18H,3-4,7-14H2,1-2H3. The molecule has 2 aromatic rings. The molecule has 1 aliphatic carbocycles. The number of amides is 2. The van der Waals surface area contributed by atoms with Crippen LogP contribution < -0.4 is 9.64 Å². The number of nitriles is 1. The molecule has 178 valence electrons. The number of anilines is 1. The number of ether oxygens (including phenoxy) is 1. The van der Waals surface area contributed by atoms with Crippen LogP contribution in [0.1, 0.15) is 43.0 Å². The van der Waals surface area contributed by atoms with Crippen LogP contribution in [0.25, 0.3) is 10.9 Å². The van der Waals surface area contributed by atoms with Gasteiger partial charge in [0, 0.05) is 62.8 Å². The summed E-state index contributed by atoms with van der Waals surface area (Å²) in [5.41, 5.74) is 1.91. The highest BCUT2D eigenvalue weighted by Crippen LogP contribution is 2.38. The maximum atomic E-state index is 13.7. The Kier molecular flexibility index (Phi) is 5.80. The van der Waals surface area contributed by atoms with Crippen molar-refractivity contribution in [2.75, 3.05) is 51.3 Å². The van der Waals surface area contributed by atoms with E-state index in [-0.39, 0.29) is 23.1 Å². The van der Waals surface area contributed by atoms with E-state index in [0.717, 1.165) is 48.0 Å². The van der Waals surface area contributed by atoms with Crippen molar-refractivity contribution >= 4 is 28.4 Å². The molecule has 1 saturated carbocycles. The summed E-state index contributed by atoms with van der Waals surface area (Å²) in [6.07, 6.45) is 5.17. The number of rotatable bonds is 4. The number of carbonyl (C=O) groups is 2. The summed E-state index contributed by atoms with van der Waals surface area (Å²) in [5, 5.41) is 10.5. The molecule has 3 fully saturated rings. The zero-order chi connectivity index (χ0) is 23.9. The first-order valence-corrected chi connectivity index (χ1v) is 12.1. The van der Waals surface area contributed by atoms with Gasteiger partial charge in [-0.15, -0.1) is 0 Å². The number of hydrogen-bond acceptors (Lipinski definition) is 6. The molecular weight excluding hydrogens is 430 g/mol. The fourth-order valence-corrected chi connectivity index (χ4v) is 5.01. The van der Waals surface area contributed by atoms with Crippen LogP contribution in [-0.2, 0) is 4.79 Å². The Morgan fingerprint density at radius 1 is 1.09 bits per heavy atom. The van der Waals surface area contributed by atoms with E-state index in [4.69, 9.17) is 4.74 Å². The van der Waals surface area contributed by atoms with Gasteiger partial charge in [-0.3, -0.25) is 14.6 Å². The molecule has 34 heavy (non-hydrogen) atoms. The highest BCUT2D eigenvalue weighted by molar-refractivity contribution is 6.07. The maximum absolute atomic E-state index is 13.7. The molecular formula is C26H31N5O3. The number of hydrogen-bond donors (Lipinski definition) is 0. The van der Waals surface area contributed by atoms with Gasteiger partial charge in [-0.1, -0.05) is 0 Å². The maximum Gasteiger partial charge on any atom is 0.257 e. The molecule has 3 aliphatic rings. The lowest BCUT2D eigenvalue weighted by Crippen LogP contribution is -2.51. The number of carbonyl (C=O) groups excluding carboxylic acids is 2. The minimum Gasteiger partial charge on any atom is -0.497 e. The summed E-state index contributed by atoms with van der Waals surface area (Å²) >= 11 is 0. The van der Waals surface area contributed by atoms with E-state index in [2.05, 4.69) is 16.0 Å². The highest BCUT2D eigenvalue weighted by atomic mass is 16.5. The minimum atomic E-state index is -0.336. The molecule has 2 saturated heterocycles. The van der Waals surface area contributed by atoms with Gasteiger partial charge in [0.1, 0.15) is 5.75 Å². The van der Waals surface area contributed by atoms with Crippen LogP contribution in [0.5, 0.6) is 5.75 Å². The Hall–Kier alpha value is -3.34. The average molecular weight is 462 g/mol. The Bertz CT molecular complexity index is 1150. The molecule has 0 bridgehead atoms. The van der Waals surface area contributed by atoms with Crippen molar-refractivity contribution in [1.82, 2.24) is 14.8 Å². The van der Waals surface area contributed by atoms with Crippen LogP contribution in [0.3, 0.4) is 0 Å². The minimum absolute atomic E-state index is 0.0487. The lowest BCUT2D eigenvalue weighted by molar-refractivity contribution is -0.134. The van der Waals surface area contributed by atoms with Crippen molar-refractivity contribution in [3.05, 3.63) is 30.0 Å². The fraction of sp³-hybridized carbons (Fsp3) is 0.538. The Morgan fingerprint density at radius 3 is 2.38 bits per heavy atom. The number of fused-ring (bicyclic) bond motifs is 1. The highest BCUT2D eigenvalue weighted by Gasteiger charge is 2.36. The summed E-state index contributed by atoms with van der Waals surface area (Å²) < 4.78 is 5.38. The van der Waals surface area contributed by atoms with Gasteiger partial charge in [-0.2, -0.15) is 5.26 Å². The largest absolute Gasteiger partial charge is 0.497 e. The first-order chi connectivity index (χ1) is 16.4. The number of piperazine rings is 1. The van der Waals surface area contributed by atoms with E-state index < -0.39 is 0 Å². The van der Waals surface area contributed by atoms with Crippen LogP contribution >= 0.6 is 0 Å². The van der Waals surface area contributed by atoms with Crippen LogP contribution in [0.4, 0.5) is 5.69 Å². The van der Waals surface area contributed by atoms with Crippen LogP contribution in [0.2, 0.25) is 0 Å². The molecule has 0 radical (unpaired) electrons. The fourth-order valence-electron chi connectivity index (χ4n) is 5.01. The SMILES string of the molecule is COc1ccc2c(N3CCC(C)(C#N)CC3)c(C(=O)N3CCN(C(=O)C4CC4)CC3)cnc2c1. The van der Waals surface area contributed by atoms with Crippen molar-refractivity contribution in [3.63, 3.8) is 0 Å². The Morgan fingerprint density at radius 2 is 1.76 bits per heavy atom. The molecule has 1 aromatic heterocycles. The lowest BCUT2D eigenvalue weighted by Gasteiger charge is -2.39. The molecule has 5 rings (SSSR count). The topological polar surface area (TPSA) is 89.8 Å². The van der Waals surface area contributed by atoms with Gasteiger partial charge in [0.25, 0.3) is 5.91 Å². The molecule has 8 nitrogen and oxygen atoms in total. The van der Waals surface area contributed by atoms with Crippen LogP contribution in [-0.4, -0.2) is 73.0 Å². The molecule has 1 aromatic carbocycles. The van der Waals surface area contributed by atoms with E-state index >= 15 is 0 Å². The Labute approximate surface area is 200 Å². The molecule has 0 atom stereocenters. The van der Waals surface area contributed by atoms with Crippen LogP contribution in [0.15, 0.2) is 24.4 Å². The average Bonchev–Trinajstić information content (AvgIpc) is 3.73. The monoisotopic (exact) mass is 461 g/mol. The number of methoxy groups -OCH3 is 1. The van der Waals surface area contributed by atoms with E-state index in [1.807, 2.05) is 34.9 Å². The molecule has 0 unspecified atom stereocenters. The van der Waals surface area contributed by atoms with Gasteiger partial charge in [0.15, 0.2) is 0 Å². The zero-order valence-corrected chi connectivity index (χ0v) is 19.9. The normalized spacial score (nSPS) is 20.2. The molecule has 2 amide bonds. The van der Waals surface area contributed by atoms with Gasteiger partial charge in [0.05, 0.1) is 35.4 Å². The van der Waals surface area contributed by atoms with Crippen molar-refractivity contribution < 1.29 is 14.3 Å². The number of nitrogens with zero attached hydrogens (tertiary/aromatic N) is 5. The molecule has 0 spiro atoms. The predicted octanol–water partition coefficient (Wildman–Crippen LogP) is 3.07.